The van der Waals surface area contributed by atoms with Crippen LogP contribution in [-0.4, -0.2) is 39.4 Å². The van der Waals surface area contributed by atoms with Crippen LogP contribution < -0.4 is 5.32 Å². The van der Waals surface area contributed by atoms with E-state index in [1.165, 1.54) is 6.39 Å². The standard InChI is InChI=1S/C15H19N5O2/c1-9-14(17-8-22-9)15(21)20-6-4-5-12(20)11-7-13(16-3)19-10(2)18-11/h7-8,12H,4-6H2,1-3H3,(H,16,18,19)/t12-/m1/s1. The third-order valence-corrected chi connectivity index (χ3v) is 3.92. The zero-order valence-corrected chi connectivity index (χ0v) is 13.0. The SMILES string of the molecule is CNc1cc([C@H]2CCCN2C(=O)c2ncoc2C)nc(C)n1. The van der Waals surface area contributed by atoms with Crippen molar-refractivity contribution in [2.24, 2.45) is 0 Å². The molecule has 1 amide bonds. The van der Waals surface area contributed by atoms with Crippen molar-refractivity contribution >= 4 is 11.7 Å². The quantitative estimate of drug-likeness (QED) is 0.934. The lowest BCUT2D eigenvalue weighted by Crippen LogP contribution is -2.31. The molecule has 116 valence electrons. The lowest BCUT2D eigenvalue weighted by molar-refractivity contribution is 0.0725. The van der Waals surface area contributed by atoms with Crippen molar-refractivity contribution in [1.82, 2.24) is 19.9 Å². The second kappa shape index (κ2) is 5.75. The van der Waals surface area contributed by atoms with Crippen LogP contribution in [-0.2, 0) is 0 Å². The normalized spacial score (nSPS) is 17.8. The molecule has 2 aromatic rings. The zero-order chi connectivity index (χ0) is 15.7. The predicted octanol–water partition coefficient (Wildman–Crippen LogP) is 2.10. The van der Waals surface area contributed by atoms with E-state index in [9.17, 15) is 4.79 Å². The highest BCUT2D eigenvalue weighted by atomic mass is 16.3. The number of oxazole rings is 1. The van der Waals surface area contributed by atoms with E-state index in [1.54, 1.807) is 6.92 Å². The molecular formula is C15H19N5O2. The first kappa shape index (κ1) is 14.5. The minimum absolute atomic E-state index is 0.0441. The fraction of sp³-hybridized carbons (Fsp3) is 0.467. The topological polar surface area (TPSA) is 84.2 Å². The van der Waals surface area contributed by atoms with Crippen LogP contribution in [0.25, 0.3) is 0 Å². The number of amides is 1. The highest BCUT2D eigenvalue weighted by Gasteiger charge is 2.33. The van der Waals surface area contributed by atoms with E-state index in [4.69, 9.17) is 4.42 Å². The van der Waals surface area contributed by atoms with Crippen LogP contribution in [0.1, 0.15) is 46.7 Å². The maximum absolute atomic E-state index is 12.7. The van der Waals surface area contributed by atoms with Crippen LogP contribution in [0.15, 0.2) is 16.9 Å². The summed E-state index contributed by atoms with van der Waals surface area (Å²) in [6, 6.07) is 1.86. The lowest BCUT2D eigenvalue weighted by atomic mass is 10.1. The van der Waals surface area contributed by atoms with E-state index in [0.29, 0.717) is 23.8 Å². The molecule has 3 heterocycles. The van der Waals surface area contributed by atoms with Gasteiger partial charge < -0.3 is 14.6 Å². The summed E-state index contributed by atoms with van der Waals surface area (Å²) in [6.45, 7) is 4.31. The lowest BCUT2D eigenvalue weighted by Gasteiger charge is -2.24. The Labute approximate surface area is 128 Å². The van der Waals surface area contributed by atoms with Crippen molar-refractivity contribution in [3.63, 3.8) is 0 Å². The van der Waals surface area contributed by atoms with Gasteiger partial charge in [-0.2, -0.15) is 0 Å². The number of carbonyl (C=O) groups excluding carboxylic acids is 1. The predicted molar refractivity (Wildman–Crippen MR) is 80.6 cm³/mol. The van der Waals surface area contributed by atoms with Gasteiger partial charge in [-0.15, -0.1) is 0 Å². The van der Waals surface area contributed by atoms with Crippen LogP contribution >= 0.6 is 0 Å². The van der Waals surface area contributed by atoms with E-state index in [2.05, 4.69) is 20.3 Å². The molecule has 0 bridgehead atoms. The van der Waals surface area contributed by atoms with Crippen molar-refractivity contribution in [1.29, 1.82) is 0 Å². The third-order valence-electron chi connectivity index (χ3n) is 3.92. The zero-order valence-electron chi connectivity index (χ0n) is 13.0. The monoisotopic (exact) mass is 301 g/mol. The number of nitrogens with one attached hydrogen (secondary N) is 1. The number of aryl methyl sites for hydroxylation is 2. The first-order chi connectivity index (χ1) is 10.6. The van der Waals surface area contributed by atoms with Crippen LogP contribution in [0.5, 0.6) is 0 Å². The molecule has 0 unspecified atom stereocenters. The average Bonchev–Trinajstić information content (AvgIpc) is 3.14. The number of hydrogen-bond donors (Lipinski definition) is 1. The van der Waals surface area contributed by atoms with Gasteiger partial charge in [0.25, 0.3) is 5.91 Å². The molecule has 2 aromatic heterocycles. The third kappa shape index (κ3) is 2.54. The van der Waals surface area contributed by atoms with Gasteiger partial charge in [-0.25, -0.2) is 15.0 Å². The molecule has 1 N–H and O–H groups in total. The molecule has 1 fully saturated rings. The molecule has 7 heteroatoms. The van der Waals surface area contributed by atoms with Crippen LogP contribution in [0, 0.1) is 13.8 Å². The average molecular weight is 301 g/mol. The Hall–Kier alpha value is -2.44. The summed E-state index contributed by atoms with van der Waals surface area (Å²) in [5.41, 5.74) is 1.25. The van der Waals surface area contributed by atoms with E-state index in [1.807, 2.05) is 24.9 Å². The Kier molecular flexibility index (Phi) is 3.79. The summed E-state index contributed by atoms with van der Waals surface area (Å²) in [5.74, 6) is 1.90. The van der Waals surface area contributed by atoms with Gasteiger partial charge in [0, 0.05) is 19.7 Å². The van der Waals surface area contributed by atoms with Gasteiger partial charge >= 0.3 is 0 Å². The van der Waals surface area contributed by atoms with Gasteiger partial charge in [-0.1, -0.05) is 0 Å². The van der Waals surface area contributed by atoms with Crippen molar-refractivity contribution in [2.45, 2.75) is 32.7 Å². The van der Waals surface area contributed by atoms with Gasteiger partial charge in [0.2, 0.25) is 0 Å². The molecule has 0 saturated carbocycles. The minimum atomic E-state index is -0.101. The van der Waals surface area contributed by atoms with Gasteiger partial charge in [-0.05, 0) is 26.7 Å². The van der Waals surface area contributed by atoms with Crippen molar-refractivity contribution in [3.8, 4) is 0 Å². The Morgan fingerprint density at radius 2 is 2.23 bits per heavy atom. The molecule has 0 aromatic carbocycles. The summed E-state index contributed by atoms with van der Waals surface area (Å²) in [5, 5.41) is 3.03. The molecule has 1 aliphatic heterocycles. The first-order valence-corrected chi connectivity index (χ1v) is 7.34. The van der Waals surface area contributed by atoms with E-state index in [-0.39, 0.29) is 11.9 Å². The van der Waals surface area contributed by atoms with E-state index >= 15 is 0 Å². The van der Waals surface area contributed by atoms with Crippen molar-refractivity contribution in [2.75, 3.05) is 18.9 Å². The number of rotatable bonds is 3. The maximum atomic E-state index is 12.7. The summed E-state index contributed by atoms with van der Waals surface area (Å²) in [4.78, 5) is 27.4. The van der Waals surface area contributed by atoms with E-state index < -0.39 is 0 Å². The minimum Gasteiger partial charge on any atom is -0.448 e. The number of hydrogen-bond acceptors (Lipinski definition) is 6. The smallest absolute Gasteiger partial charge is 0.276 e. The molecule has 1 atom stereocenters. The van der Waals surface area contributed by atoms with Crippen LogP contribution in [0.4, 0.5) is 5.82 Å². The molecule has 22 heavy (non-hydrogen) atoms. The van der Waals surface area contributed by atoms with Gasteiger partial charge in [0.05, 0.1) is 11.7 Å². The summed E-state index contributed by atoms with van der Waals surface area (Å²) >= 11 is 0. The Morgan fingerprint density at radius 1 is 1.41 bits per heavy atom. The fourth-order valence-corrected chi connectivity index (χ4v) is 2.85. The first-order valence-electron chi connectivity index (χ1n) is 7.34. The summed E-state index contributed by atoms with van der Waals surface area (Å²) in [7, 11) is 1.82. The van der Waals surface area contributed by atoms with Gasteiger partial charge in [-0.3, -0.25) is 4.79 Å². The second-order valence-corrected chi connectivity index (χ2v) is 5.39. The fourth-order valence-electron chi connectivity index (χ4n) is 2.85. The number of likely N-dealkylation sites (tertiary alicyclic amines) is 1. The largest absolute Gasteiger partial charge is 0.448 e. The molecular weight excluding hydrogens is 282 g/mol. The highest BCUT2D eigenvalue weighted by Crippen LogP contribution is 2.33. The molecule has 3 rings (SSSR count). The molecule has 0 spiro atoms. The molecule has 7 nitrogen and oxygen atoms in total. The maximum Gasteiger partial charge on any atom is 0.276 e. The Bertz CT molecular complexity index is 697. The van der Waals surface area contributed by atoms with Crippen molar-refractivity contribution < 1.29 is 9.21 Å². The number of carbonyl (C=O) groups is 1. The van der Waals surface area contributed by atoms with Crippen molar-refractivity contribution in [3.05, 3.63) is 35.4 Å². The Balaban J connectivity index is 1.92. The van der Waals surface area contributed by atoms with Crippen LogP contribution in [0.3, 0.4) is 0 Å². The van der Waals surface area contributed by atoms with Gasteiger partial charge in [0.1, 0.15) is 17.4 Å². The summed E-state index contributed by atoms with van der Waals surface area (Å²) in [6.07, 6.45) is 3.15. The summed E-state index contributed by atoms with van der Waals surface area (Å²) < 4.78 is 5.15. The molecule has 0 aliphatic carbocycles. The van der Waals surface area contributed by atoms with Gasteiger partial charge in [0.15, 0.2) is 12.1 Å². The highest BCUT2D eigenvalue weighted by molar-refractivity contribution is 5.93. The van der Waals surface area contributed by atoms with Crippen LogP contribution in [0.2, 0.25) is 0 Å². The second-order valence-electron chi connectivity index (χ2n) is 5.39. The number of anilines is 1. The Morgan fingerprint density at radius 3 is 2.91 bits per heavy atom. The molecule has 1 aliphatic rings. The number of aromatic nitrogens is 3. The van der Waals surface area contributed by atoms with E-state index in [0.717, 1.165) is 24.4 Å². The number of nitrogens with zero attached hydrogens (tertiary/aromatic N) is 4. The molecule has 0 radical (unpaired) electrons. The molecule has 1 saturated heterocycles.